The number of carbonyl (C=O) groups is 2. The highest BCUT2D eigenvalue weighted by Crippen LogP contribution is 2.41. The third-order valence-corrected chi connectivity index (χ3v) is 6.97. The number of nitro benzene ring substituents is 1. The normalized spacial score (nSPS) is 14.9. The van der Waals surface area contributed by atoms with Crippen LogP contribution >= 0.6 is 39.3 Å². The van der Waals surface area contributed by atoms with E-state index in [4.69, 9.17) is 16.3 Å². The van der Waals surface area contributed by atoms with Crippen molar-refractivity contribution in [2.24, 2.45) is 0 Å². The molecular weight excluding hydrogens is 620 g/mol. The van der Waals surface area contributed by atoms with Crippen LogP contribution in [-0.4, -0.2) is 21.0 Å². The third-order valence-electron chi connectivity index (χ3n) is 5.21. The van der Waals surface area contributed by atoms with Gasteiger partial charge < -0.3 is 4.74 Å². The van der Waals surface area contributed by atoms with E-state index < -0.39 is 51.6 Å². The minimum Gasteiger partial charge on any atom is -0.449 e. The van der Waals surface area contributed by atoms with E-state index in [1.807, 2.05) is 0 Å². The van der Waals surface area contributed by atoms with Crippen LogP contribution in [0.25, 0.3) is 6.08 Å². The quantitative estimate of drug-likeness (QED) is 0.118. The minimum atomic E-state index is -4.80. The fraction of sp³-hybridized carbons (Fsp3) is 0.0833. The molecule has 3 aromatic rings. The average Bonchev–Trinajstić information content (AvgIpc) is 3.09. The van der Waals surface area contributed by atoms with E-state index in [2.05, 4.69) is 15.9 Å². The first-order valence-corrected chi connectivity index (χ1v) is 12.3. The van der Waals surface area contributed by atoms with Crippen LogP contribution in [0.2, 0.25) is 5.02 Å². The van der Waals surface area contributed by atoms with Gasteiger partial charge in [-0.2, -0.15) is 13.2 Å². The van der Waals surface area contributed by atoms with E-state index >= 15 is 0 Å². The molecule has 0 unspecified atom stereocenters. The van der Waals surface area contributed by atoms with Crippen molar-refractivity contribution in [3.63, 3.8) is 0 Å². The van der Waals surface area contributed by atoms with Gasteiger partial charge in [0.2, 0.25) is 5.75 Å². The van der Waals surface area contributed by atoms with Gasteiger partial charge in [-0.25, -0.2) is 4.39 Å². The van der Waals surface area contributed by atoms with Gasteiger partial charge in [0.15, 0.2) is 0 Å². The Morgan fingerprint density at radius 3 is 2.47 bits per heavy atom. The molecule has 2 amide bonds. The topological polar surface area (TPSA) is 89.7 Å². The van der Waals surface area contributed by atoms with Crippen molar-refractivity contribution in [1.82, 2.24) is 4.90 Å². The molecule has 4 rings (SSSR count). The van der Waals surface area contributed by atoms with Crippen LogP contribution in [0, 0.1) is 15.9 Å². The van der Waals surface area contributed by atoms with Gasteiger partial charge >= 0.3 is 11.9 Å². The van der Waals surface area contributed by atoms with Gasteiger partial charge in [-0.1, -0.05) is 33.6 Å². The predicted octanol–water partition coefficient (Wildman–Crippen LogP) is 8.20. The molecule has 1 fully saturated rings. The molecule has 0 atom stereocenters. The molecule has 3 aromatic carbocycles. The second-order valence-electron chi connectivity index (χ2n) is 7.69. The summed E-state index contributed by atoms with van der Waals surface area (Å²) in [5.74, 6) is -1.95. The Labute approximate surface area is 229 Å². The van der Waals surface area contributed by atoms with Crippen molar-refractivity contribution in [3.05, 3.63) is 102 Å². The number of thioether (sulfide) groups is 1. The van der Waals surface area contributed by atoms with Crippen molar-refractivity contribution in [2.75, 3.05) is 0 Å². The molecule has 0 aromatic heterocycles. The van der Waals surface area contributed by atoms with Crippen molar-refractivity contribution >= 4 is 62.2 Å². The Hall–Kier alpha value is -3.42. The fourth-order valence-corrected chi connectivity index (χ4v) is 4.82. The van der Waals surface area contributed by atoms with Gasteiger partial charge in [-0.3, -0.25) is 24.6 Å². The SMILES string of the molecule is O=C1S/C(=C/c2cc(Br)ccc2Oc2ccc(C(F)(F)F)cc2[N+](=O)[O-])C(=O)N1Cc1c(F)cccc1Cl. The molecule has 1 aliphatic heterocycles. The first-order valence-electron chi connectivity index (χ1n) is 10.4. The van der Waals surface area contributed by atoms with E-state index in [0.717, 1.165) is 17.0 Å². The van der Waals surface area contributed by atoms with Gasteiger partial charge in [0.1, 0.15) is 11.6 Å². The molecule has 1 saturated heterocycles. The van der Waals surface area contributed by atoms with Gasteiger partial charge in [0.25, 0.3) is 11.1 Å². The summed E-state index contributed by atoms with van der Waals surface area (Å²) in [6.45, 7) is -0.410. The van der Waals surface area contributed by atoms with Crippen LogP contribution in [0.4, 0.5) is 28.0 Å². The Balaban J connectivity index is 1.67. The van der Waals surface area contributed by atoms with E-state index in [1.165, 1.54) is 36.4 Å². The van der Waals surface area contributed by atoms with Gasteiger partial charge in [-0.15, -0.1) is 0 Å². The molecule has 0 radical (unpaired) electrons. The molecule has 0 saturated carbocycles. The number of imide groups is 1. The van der Waals surface area contributed by atoms with Gasteiger partial charge in [0, 0.05) is 26.7 Å². The number of amides is 2. The molecule has 38 heavy (non-hydrogen) atoms. The smallest absolute Gasteiger partial charge is 0.416 e. The predicted molar refractivity (Wildman–Crippen MR) is 135 cm³/mol. The number of nitrogens with zero attached hydrogens (tertiary/aromatic N) is 2. The highest BCUT2D eigenvalue weighted by Gasteiger charge is 2.36. The number of ether oxygens (including phenoxy) is 1. The van der Waals surface area contributed by atoms with Crippen molar-refractivity contribution < 1.29 is 36.8 Å². The van der Waals surface area contributed by atoms with Crippen LogP contribution < -0.4 is 4.74 Å². The Morgan fingerprint density at radius 2 is 1.82 bits per heavy atom. The Morgan fingerprint density at radius 1 is 1.11 bits per heavy atom. The molecule has 1 heterocycles. The number of carbonyl (C=O) groups excluding carboxylic acids is 2. The van der Waals surface area contributed by atoms with E-state index in [0.29, 0.717) is 28.4 Å². The largest absolute Gasteiger partial charge is 0.449 e. The summed E-state index contributed by atoms with van der Waals surface area (Å²) in [5, 5.41) is 10.8. The minimum absolute atomic E-state index is 0.0360. The molecule has 14 heteroatoms. The number of rotatable bonds is 6. The monoisotopic (exact) mass is 630 g/mol. The standard InChI is InChI=1S/C24H12BrClF4N2O5S/c25-14-5-7-19(37-20-6-4-13(24(28,29)30)10-18(20)32(35)36)12(8-14)9-21-22(33)31(23(34)38-21)11-15-16(26)2-1-3-17(15)27/h1-10H,11H2/b21-9+. The molecule has 0 N–H and O–H groups in total. The maximum atomic E-state index is 14.2. The molecule has 7 nitrogen and oxygen atoms in total. The molecule has 196 valence electrons. The van der Waals surface area contributed by atoms with Crippen LogP contribution in [0.1, 0.15) is 16.7 Å². The van der Waals surface area contributed by atoms with Crippen molar-refractivity contribution in [3.8, 4) is 11.5 Å². The second kappa shape index (κ2) is 10.8. The summed E-state index contributed by atoms with van der Waals surface area (Å²) >= 11 is 9.84. The zero-order valence-corrected chi connectivity index (χ0v) is 21.8. The summed E-state index contributed by atoms with van der Waals surface area (Å²) in [5.41, 5.74) is -2.01. The van der Waals surface area contributed by atoms with E-state index in [-0.39, 0.29) is 26.8 Å². The highest BCUT2D eigenvalue weighted by molar-refractivity contribution is 9.10. The highest BCUT2D eigenvalue weighted by atomic mass is 79.9. The summed E-state index contributed by atoms with van der Waals surface area (Å²) in [7, 11) is 0. The van der Waals surface area contributed by atoms with Crippen molar-refractivity contribution in [2.45, 2.75) is 12.7 Å². The van der Waals surface area contributed by atoms with Crippen LogP contribution in [0.3, 0.4) is 0 Å². The van der Waals surface area contributed by atoms with Crippen molar-refractivity contribution in [1.29, 1.82) is 0 Å². The second-order valence-corrected chi connectivity index (χ2v) is 10.0. The van der Waals surface area contributed by atoms with Crippen LogP contribution in [0.5, 0.6) is 11.5 Å². The zero-order chi connectivity index (χ0) is 27.8. The van der Waals surface area contributed by atoms with E-state index in [9.17, 15) is 37.3 Å². The zero-order valence-electron chi connectivity index (χ0n) is 18.6. The third kappa shape index (κ3) is 5.84. The molecule has 0 aliphatic carbocycles. The van der Waals surface area contributed by atoms with Crippen LogP contribution in [0.15, 0.2) is 64.0 Å². The Kier molecular flexibility index (Phi) is 7.81. The molecular formula is C24H12BrClF4N2O5S. The lowest BCUT2D eigenvalue weighted by Gasteiger charge is -2.14. The van der Waals surface area contributed by atoms with Crippen LogP contribution in [-0.2, 0) is 17.5 Å². The number of hydrogen-bond acceptors (Lipinski definition) is 6. The van der Waals surface area contributed by atoms with E-state index in [1.54, 1.807) is 0 Å². The summed E-state index contributed by atoms with van der Waals surface area (Å²) in [6.07, 6.45) is -3.52. The van der Waals surface area contributed by atoms with Gasteiger partial charge in [-0.05, 0) is 60.3 Å². The molecule has 0 bridgehead atoms. The Bertz CT molecular complexity index is 1500. The number of hydrogen-bond donors (Lipinski definition) is 0. The number of alkyl halides is 3. The molecule has 0 spiro atoms. The van der Waals surface area contributed by atoms with Gasteiger partial charge in [0.05, 0.1) is 21.9 Å². The fourth-order valence-electron chi connectivity index (χ4n) is 3.39. The average molecular weight is 632 g/mol. The first-order chi connectivity index (χ1) is 17.8. The number of halogens is 6. The number of benzene rings is 3. The first kappa shape index (κ1) is 27.6. The number of nitro groups is 1. The summed E-state index contributed by atoms with van der Waals surface area (Å²) < 4.78 is 59.4. The maximum absolute atomic E-state index is 14.2. The summed E-state index contributed by atoms with van der Waals surface area (Å²) in [4.78, 5) is 36.7. The lowest BCUT2D eigenvalue weighted by atomic mass is 10.1. The maximum Gasteiger partial charge on any atom is 0.416 e. The summed E-state index contributed by atoms with van der Waals surface area (Å²) in [6, 6.07) is 10.1. The lowest BCUT2D eigenvalue weighted by Crippen LogP contribution is -2.28. The molecule has 1 aliphatic rings. The lowest BCUT2D eigenvalue weighted by molar-refractivity contribution is -0.385.